The SMILES string of the molecule is CCc1ccccc1NC(=O)CN1C(=O)C(CC)Oc2ccc(-c3csc(C)n3)cc21. The molecule has 1 aliphatic rings. The van der Waals surface area contributed by atoms with E-state index in [9.17, 15) is 9.59 Å². The number of hydrogen-bond donors (Lipinski definition) is 1. The van der Waals surface area contributed by atoms with Crippen LogP contribution in [0.2, 0.25) is 0 Å². The second-order valence-corrected chi connectivity index (χ2v) is 8.49. The van der Waals surface area contributed by atoms with E-state index in [1.165, 1.54) is 4.90 Å². The second-order valence-electron chi connectivity index (χ2n) is 7.43. The van der Waals surface area contributed by atoms with Crippen LogP contribution in [0.25, 0.3) is 11.3 Å². The minimum absolute atomic E-state index is 0.0801. The van der Waals surface area contributed by atoms with Gasteiger partial charge >= 0.3 is 0 Å². The van der Waals surface area contributed by atoms with Gasteiger partial charge in [-0.2, -0.15) is 0 Å². The Balaban J connectivity index is 1.64. The zero-order valence-corrected chi connectivity index (χ0v) is 18.7. The number of thiazole rings is 1. The third kappa shape index (κ3) is 4.32. The van der Waals surface area contributed by atoms with Crippen LogP contribution in [-0.4, -0.2) is 29.4 Å². The van der Waals surface area contributed by atoms with E-state index in [1.54, 1.807) is 11.3 Å². The normalized spacial score (nSPS) is 15.4. The van der Waals surface area contributed by atoms with E-state index in [0.29, 0.717) is 17.9 Å². The van der Waals surface area contributed by atoms with E-state index in [-0.39, 0.29) is 18.4 Å². The average Bonchev–Trinajstić information content (AvgIpc) is 3.21. The van der Waals surface area contributed by atoms with Gasteiger partial charge in [0, 0.05) is 16.6 Å². The van der Waals surface area contributed by atoms with Crippen LogP contribution in [0.3, 0.4) is 0 Å². The monoisotopic (exact) mass is 435 g/mol. The lowest BCUT2D eigenvalue weighted by Gasteiger charge is -2.34. The number of para-hydroxylation sites is 1. The highest BCUT2D eigenvalue weighted by atomic mass is 32.1. The number of ether oxygens (including phenoxy) is 1. The summed E-state index contributed by atoms with van der Waals surface area (Å²) in [5, 5.41) is 5.91. The molecule has 1 aromatic heterocycles. The van der Waals surface area contributed by atoms with Crippen molar-refractivity contribution in [2.45, 2.75) is 39.7 Å². The molecule has 2 aromatic carbocycles. The lowest BCUT2D eigenvalue weighted by atomic mass is 10.1. The average molecular weight is 436 g/mol. The molecule has 7 heteroatoms. The molecule has 0 bridgehead atoms. The molecule has 1 N–H and O–H groups in total. The number of carbonyl (C=O) groups excluding carboxylic acids is 2. The van der Waals surface area contributed by atoms with Crippen molar-refractivity contribution in [2.75, 3.05) is 16.8 Å². The van der Waals surface area contributed by atoms with Gasteiger partial charge in [0.2, 0.25) is 5.91 Å². The summed E-state index contributed by atoms with van der Waals surface area (Å²) in [7, 11) is 0. The van der Waals surface area contributed by atoms with Crippen LogP contribution < -0.4 is 15.0 Å². The van der Waals surface area contributed by atoms with E-state index in [0.717, 1.165) is 33.9 Å². The summed E-state index contributed by atoms with van der Waals surface area (Å²) >= 11 is 1.57. The molecule has 1 unspecified atom stereocenters. The maximum Gasteiger partial charge on any atom is 0.268 e. The van der Waals surface area contributed by atoms with Crippen molar-refractivity contribution >= 4 is 34.5 Å². The molecule has 0 fully saturated rings. The molecule has 31 heavy (non-hydrogen) atoms. The summed E-state index contributed by atoms with van der Waals surface area (Å²) < 4.78 is 5.92. The van der Waals surface area contributed by atoms with Gasteiger partial charge in [-0.15, -0.1) is 11.3 Å². The van der Waals surface area contributed by atoms with E-state index >= 15 is 0 Å². The third-order valence-corrected chi connectivity index (χ3v) is 6.09. The Labute approximate surface area is 185 Å². The van der Waals surface area contributed by atoms with Crippen LogP contribution in [0.5, 0.6) is 5.75 Å². The van der Waals surface area contributed by atoms with Crippen LogP contribution in [0, 0.1) is 6.92 Å². The van der Waals surface area contributed by atoms with Crippen molar-refractivity contribution in [1.82, 2.24) is 4.98 Å². The summed E-state index contributed by atoms with van der Waals surface area (Å²) in [5.41, 5.74) is 4.15. The molecule has 0 radical (unpaired) electrons. The van der Waals surface area contributed by atoms with Crippen LogP contribution >= 0.6 is 11.3 Å². The Bertz CT molecular complexity index is 1120. The number of benzene rings is 2. The fraction of sp³-hybridized carbons (Fsp3) is 0.292. The van der Waals surface area contributed by atoms with Gasteiger partial charge in [-0.25, -0.2) is 4.98 Å². The van der Waals surface area contributed by atoms with Gasteiger partial charge in [0.15, 0.2) is 6.10 Å². The van der Waals surface area contributed by atoms with E-state index in [1.807, 2.05) is 68.6 Å². The number of amides is 2. The molecule has 6 nitrogen and oxygen atoms in total. The Morgan fingerprint density at radius 2 is 2.03 bits per heavy atom. The predicted molar refractivity (Wildman–Crippen MR) is 124 cm³/mol. The fourth-order valence-electron chi connectivity index (χ4n) is 3.68. The zero-order valence-electron chi connectivity index (χ0n) is 17.8. The van der Waals surface area contributed by atoms with Gasteiger partial charge in [0.25, 0.3) is 5.91 Å². The Hall–Kier alpha value is -3.19. The van der Waals surface area contributed by atoms with Gasteiger partial charge in [0.1, 0.15) is 12.3 Å². The van der Waals surface area contributed by atoms with Crippen molar-refractivity contribution in [3.05, 3.63) is 58.4 Å². The van der Waals surface area contributed by atoms with Gasteiger partial charge in [-0.1, -0.05) is 32.0 Å². The highest BCUT2D eigenvalue weighted by Gasteiger charge is 2.34. The van der Waals surface area contributed by atoms with Crippen molar-refractivity contribution in [3.8, 4) is 17.0 Å². The number of aryl methyl sites for hydroxylation is 2. The van der Waals surface area contributed by atoms with Gasteiger partial charge in [0.05, 0.1) is 16.4 Å². The van der Waals surface area contributed by atoms with E-state index in [4.69, 9.17) is 4.74 Å². The molecule has 1 atom stereocenters. The number of anilines is 2. The molecule has 3 aromatic rings. The van der Waals surface area contributed by atoms with Crippen LogP contribution in [0.15, 0.2) is 47.8 Å². The molecule has 2 amide bonds. The van der Waals surface area contributed by atoms with Crippen molar-refractivity contribution in [2.24, 2.45) is 0 Å². The molecule has 4 rings (SSSR count). The number of rotatable bonds is 6. The Morgan fingerprint density at radius 3 is 2.74 bits per heavy atom. The van der Waals surface area contributed by atoms with Gasteiger partial charge in [-0.3, -0.25) is 14.5 Å². The first-order valence-corrected chi connectivity index (χ1v) is 11.3. The number of carbonyl (C=O) groups is 2. The lowest BCUT2D eigenvalue weighted by molar-refractivity contribution is -0.128. The lowest BCUT2D eigenvalue weighted by Crippen LogP contribution is -2.48. The third-order valence-electron chi connectivity index (χ3n) is 5.32. The van der Waals surface area contributed by atoms with E-state index < -0.39 is 6.10 Å². The number of nitrogens with zero attached hydrogens (tertiary/aromatic N) is 2. The topological polar surface area (TPSA) is 71.5 Å². The number of aromatic nitrogens is 1. The quantitative estimate of drug-likeness (QED) is 0.602. The number of fused-ring (bicyclic) bond motifs is 1. The summed E-state index contributed by atoms with van der Waals surface area (Å²) in [6.07, 6.45) is 0.738. The van der Waals surface area contributed by atoms with Crippen molar-refractivity contribution in [3.63, 3.8) is 0 Å². The molecule has 160 valence electrons. The van der Waals surface area contributed by atoms with Crippen LogP contribution in [0.1, 0.15) is 30.8 Å². The molecular formula is C24H25N3O3S. The smallest absolute Gasteiger partial charge is 0.268 e. The minimum atomic E-state index is -0.601. The van der Waals surface area contributed by atoms with E-state index in [2.05, 4.69) is 10.3 Å². The molecule has 0 saturated heterocycles. The minimum Gasteiger partial charge on any atom is -0.478 e. The second kappa shape index (κ2) is 8.89. The van der Waals surface area contributed by atoms with Crippen molar-refractivity contribution < 1.29 is 14.3 Å². The summed E-state index contributed by atoms with van der Waals surface area (Å²) in [4.78, 5) is 32.1. The molecule has 1 aliphatic heterocycles. The predicted octanol–water partition coefficient (Wildman–Crippen LogP) is 4.82. The number of hydrogen-bond acceptors (Lipinski definition) is 5. The molecule has 0 saturated carbocycles. The zero-order chi connectivity index (χ0) is 22.0. The molecule has 0 aliphatic carbocycles. The first kappa shape index (κ1) is 21.1. The Morgan fingerprint density at radius 1 is 1.23 bits per heavy atom. The highest BCUT2D eigenvalue weighted by molar-refractivity contribution is 7.09. The van der Waals surface area contributed by atoms with Gasteiger partial charge < -0.3 is 10.1 Å². The fourth-order valence-corrected chi connectivity index (χ4v) is 4.31. The van der Waals surface area contributed by atoms with Crippen molar-refractivity contribution in [1.29, 1.82) is 0 Å². The summed E-state index contributed by atoms with van der Waals surface area (Å²) in [6.45, 7) is 5.81. The standard InChI is InChI=1S/C24H25N3O3S/c1-4-16-8-6-7-9-18(16)26-23(28)13-27-20-12-17(19-14-31-15(3)25-19)10-11-22(20)30-21(5-2)24(27)29/h6-12,14,21H,4-5,13H2,1-3H3,(H,26,28). The van der Waals surface area contributed by atoms with Crippen LogP contribution in [0.4, 0.5) is 11.4 Å². The molecule has 2 heterocycles. The first-order chi connectivity index (χ1) is 15.0. The molecule has 0 spiro atoms. The summed E-state index contributed by atoms with van der Waals surface area (Å²) in [5.74, 6) is 0.149. The Kier molecular flexibility index (Phi) is 6.04. The van der Waals surface area contributed by atoms with Gasteiger partial charge in [-0.05, 0) is 49.6 Å². The largest absolute Gasteiger partial charge is 0.478 e. The molecular weight excluding hydrogens is 410 g/mol. The first-order valence-electron chi connectivity index (χ1n) is 10.4. The number of nitrogens with one attached hydrogen (secondary N) is 1. The van der Waals surface area contributed by atoms with Crippen LogP contribution in [-0.2, 0) is 16.0 Å². The summed E-state index contributed by atoms with van der Waals surface area (Å²) in [6, 6.07) is 13.4. The highest BCUT2D eigenvalue weighted by Crippen LogP contribution is 2.38. The maximum absolute atomic E-state index is 13.1. The maximum atomic E-state index is 13.1.